The van der Waals surface area contributed by atoms with Crippen molar-refractivity contribution in [1.29, 1.82) is 0 Å². The molecule has 0 bridgehead atoms. The van der Waals surface area contributed by atoms with Crippen LogP contribution in [0.15, 0.2) is 164 Å². The highest BCUT2D eigenvalue weighted by atomic mass is 14.2. The van der Waals surface area contributed by atoms with Crippen LogP contribution in [-0.2, 0) is 0 Å². The summed E-state index contributed by atoms with van der Waals surface area (Å²) in [5.41, 5.74) is 8.88. The lowest BCUT2D eigenvalue weighted by Crippen LogP contribution is -1.93. The maximum atomic E-state index is 2.41. The standard InChI is InChI=1S/C45H30/c1-29-22-24-30(25-23-29)33-26-31-12-2-5-15-35(31)42(28-33)44-38-18-8-10-20-40(38)45(41-21-11-9-19-39(41)44)43-27-32-13-3-4-14-34(32)36-16-6-7-17-37(36)43/h2-28H,1H3. The van der Waals surface area contributed by atoms with Gasteiger partial charge in [0.1, 0.15) is 0 Å². The molecule has 0 aliphatic carbocycles. The minimum Gasteiger partial charge on any atom is -0.0616 e. The predicted molar refractivity (Wildman–Crippen MR) is 195 cm³/mol. The molecule has 0 fully saturated rings. The maximum absolute atomic E-state index is 2.41. The molecule has 0 heteroatoms. The second kappa shape index (κ2) is 10.2. The van der Waals surface area contributed by atoms with Crippen LogP contribution >= 0.6 is 0 Å². The Bertz CT molecular complexity index is 2530. The summed E-state index contributed by atoms with van der Waals surface area (Å²) in [6, 6.07) is 60.6. The van der Waals surface area contributed by atoms with Crippen LogP contribution in [0.5, 0.6) is 0 Å². The van der Waals surface area contributed by atoms with E-state index in [4.69, 9.17) is 0 Å². The molecule has 0 saturated carbocycles. The molecular formula is C45H30. The minimum atomic E-state index is 1.24. The number of rotatable bonds is 3. The summed E-state index contributed by atoms with van der Waals surface area (Å²) >= 11 is 0. The summed E-state index contributed by atoms with van der Waals surface area (Å²) < 4.78 is 0. The van der Waals surface area contributed by atoms with Crippen LogP contribution in [0.4, 0.5) is 0 Å². The third-order valence-corrected chi connectivity index (χ3v) is 9.48. The third-order valence-electron chi connectivity index (χ3n) is 9.48. The largest absolute Gasteiger partial charge is 0.0616 e. The molecule has 0 amide bonds. The van der Waals surface area contributed by atoms with Gasteiger partial charge in [0.15, 0.2) is 0 Å². The highest BCUT2D eigenvalue weighted by Crippen LogP contribution is 2.48. The number of hydrogen-bond donors (Lipinski definition) is 0. The minimum absolute atomic E-state index is 1.24. The normalized spacial score (nSPS) is 11.7. The summed E-state index contributed by atoms with van der Waals surface area (Å²) in [5.74, 6) is 0. The molecule has 45 heavy (non-hydrogen) atoms. The highest BCUT2D eigenvalue weighted by molar-refractivity contribution is 6.27. The second-order valence-corrected chi connectivity index (χ2v) is 12.1. The molecule has 0 atom stereocenters. The predicted octanol–water partition coefficient (Wildman–Crippen LogP) is 12.8. The summed E-state index contributed by atoms with van der Waals surface area (Å²) in [5, 5.41) is 12.8. The van der Waals surface area contributed by atoms with Crippen molar-refractivity contribution in [3.05, 3.63) is 169 Å². The van der Waals surface area contributed by atoms with Crippen LogP contribution in [0.3, 0.4) is 0 Å². The zero-order valence-corrected chi connectivity index (χ0v) is 25.1. The molecule has 210 valence electrons. The van der Waals surface area contributed by atoms with E-state index >= 15 is 0 Å². The number of benzene rings is 9. The van der Waals surface area contributed by atoms with Crippen molar-refractivity contribution in [3.63, 3.8) is 0 Å². The van der Waals surface area contributed by atoms with E-state index in [0.717, 1.165) is 0 Å². The smallest absolute Gasteiger partial charge is 0.00199 e. The van der Waals surface area contributed by atoms with E-state index in [0.29, 0.717) is 0 Å². The van der Waals surface area contributed by atoms with Crippen molar-refractivity contribution in [1.82, 2.24) is 0 Å². The van der Waals surface area contributed by atoms with Gasteiger partial charge >= 0.3 is 0 Å². The molecular weight excluding hydrogens is 540 g/mol. The Balaban J connectivity index is 1.44. The third kappa shape index (κ3) is 4.07. The topological polar surface area (TPSA) is 0 Å². The lowest BCUT2D eigenvalue weighted by Gasteiger charge is -2.21. The van der Waals surface area contributed by atoms with Gasteiger partial charge in [-0.05, 0) is 112 Å². The number of hydrogen-bond acceptors (Lipinski definition) is 0. The Labute approximate surface area is 262 Å². The van der Waals surface area contributed by atoms with E-state index in [1.54, 1.807) is 0 Å². The van der Waals surface area contributed by atoms with Crippen molar-refractivity contribution >= 4 is 53.9 Å². The molecule has 0 nitrogen and oxygen atoms in total. The fourth-order valence-corrected chi connectivity index (χ4v) is 7.40. The quantitative estimate of drug-likeness (QED) is 0.146. The fourth-order valence-electron chi connectivity index (χ4n) is 7.40. The first-order chi connectivity index (χ1) is 22.2. The first-order valence-electron chi connectivity index (χ1n) is 15.7. The van der Waals surface area contributed by atoms with E-state index in [2.05, 4.69) is 171 Å². The lowest BCUT2D eigenvalue weighted by atomic mass is 9.82. The Hall–Kier alpha value is -5.72. The molecule has 0 N–H and O–H groups in total. The van der Waals surface area contributed by atoms with Gasteiger partial charge in [0, 0.05) is 0 Å². The van der Waals surface area contributed by atoms with Gasteiger partial charge < -0.3 is 0 Å². The zero-order valence-electron chi connectivity index (χ0n) is 25.1. The molecule has 0 saturated heterocycles. The van der Waals surface area contributed by atoms with E-state index in [1.165, 1.54) is 92.8 Å². The zero-order chi connectivity index (χ0) is 29.9. The van der Waals surface area contributed by atoms with Gasteiger partial charge in [0.05, 0.1) is 0 Å². The van der Waals surface area contributed by atoms with E-state index in [-0.39, 0.29) is 0 Å². The molecule has 9 aromatic carbocycles. The van der Waals surface area contributed by atoms with Crippen LogP contribution in [0.1, 0.15) is 5.56 Å². The van der Waals surface area contributed by atoms with Gasteiger partial charge in [-0.25, -0.2) is 0 Å². The lowest BCUT2D eigenvalue weighted by molar-refractivity contribution is 1.47. The first kappa shape index (κ1) is 25.7. The monoisotopic (exact) mass is 570 g/mol. The van der Waals surface area contributed by atoms with Crippen molar-refractivity contribution in [2.24, 2.45) is 0 Å². The molecule has 0 aromatic heterocycles. The summed E-state index contributed by atoms with van der Waals surface area (Å²) in [6.45, 7) is 2.15. The average Bonchev–Trinajstić information content (AvgIpc) is 3.10. The molecule has 0 aliphatic rings. The van der Waals surface area contributed by atoms with Crippen molar-refractivity contribution in [3.8, 4) is 33.4 Å². The summed E-state index contributed by atoms with van der Waals surface area (Å²) in [4.78, 5) is 0. The van der Waals surface area contributed by atoms with Gasteiger partial charge in [0.2, 0.25) is 0 Å². The van der Waals surface area contributed by atoms with Gasteiger partial charge in [-0.2, -0.15) is 0 Å². The Kier molecular flexibility index (Phi) is 5.83. The maximum Gasteiger partial charge on any atom is -0.00199 e. The van der Waals surface area contributed by atoms with Crippen molar-refractivity contribution < 1.29 is 0 Å². The van der Waals surface area contributed by atoms with Crippen molar-refractivity contribution in [2.45, 2.75) is 6.92 Å². The second-order valence-electron chi connectivity index (χ2n) is 12.1. The Morgan fingerprint density at radius 1 is 0.289 bits per heavy atom. The SMILES string of the molecule is Cc1ccc(-c2cc(-c3c4ccccc4c(-c4cc5ccccc5c5ccccc45)c4ccccc34)c3ccccc3c2)cc1. The van der Waals surface area contributed by atoms with Crippen LogP contribution < -0.4 is 0 Å². The van der Waals surface area contributed by atoms with Gasteiger partial charge in [-0.15, -0.1) is 0 Å². The molecule has 0 spiro atoms. The highest BCUT2D eigenvalue weighted by Gasteiger charge is 2.20. The Morgan fingerprint density at radius 2 is 0.711 bits per heavy atom. The van der Waals surface area contributed by atoms with Gasteiger partial charge in [0.25, 0.3) is 0 Å². The Morgan fingerprint density at radius 3 is 1.29 bits per heavy atom. The summed E-state index contributed by atoms with van der Waals surface area (Å²) in [7, 11) is 0. The van der Waals surface area contributed by atoms with Crippen molar-refractivity contribution in [2.75, 3.05) is 0 Å². The molecule has 9 rings (SSSR count). The van der Waals surface area contributed by atoms with E-state index in [1.807, 2.05) is 0 Å². The van der Waals surface area contributed by atoms with Gasteiger partial charge in [-0.3, -0.25) is 0 Å². The number of aryl methyl sites for hydroxylation is 1. The number of fused-ring (bicyclic) bond motifs is 6. The molecule has 0 heterocycles. The molecule has 0 unspecified atom stereocenters. The van der Waals surface area contributed by atoms with Crippen LogP contribution in [0, 0.1) is 6.92 Å². The van der Waals surface area contributed by atoms with E-state index < -0.39 is 0 Å². The molecule has 0 aliphatic heterocycles. The summed E-state index contributed by atoms with van der Waals surface area (Å²) in [6.07, 6.45) is 0. The van der Waals surface area contributed by atoms with E-state index in [9.17, 15) is 0 Å². The average molecular weight is 571 g/mol. The molecule has 0 radical (unpaired) electrons. The van der Waals surface area contributed by atoms with Crippen LogP contribution in [0.2, 0.25) is 0 Å². The molecule has 9 aromatic rings. The van der Waals surface area contributed by atoms with Crippen LogP contribution in [-0.4, -0.2) is 0 Å². The van der Waals surface area contributed by atoms with Gasteiger partial charge in [-0.1, -0.05) is 151 Å². The first-order valence-corrected chi connectivity index (χ1v) is 15.7. The fraction of sp³-hybridized carbons (Fsp3) is 0.0222. The van der Waals surface area contributed by atoms with Crippen LogP contribution in [0.25, 0.3) is 87.2 Å².